The van der Waals surface area contributed by atoms with Gasteiger partial charge in [0.15, 0.2) is 0 Å². The van der Waals surface area contributed by atoms with Gasteiger partial charge in [-0.15, -0.1) is 0 Å². The fourth-order valence-electron chi connectivity index (χ4n) is 1.21. The maximum Gasteiger partial charge on any atom is 0.329 e. The van der Waals surface area contributed by atoms with Crippen LogP contribution in [0.4, 0.5) is 0 Å². The Hall–Kier alpha value is -1.14. The molecule has 0 heterocycles. The van der Waals surface area contributed by atoms with Gasteiger partial charge in [0.25, 0.3) is 0 Å². The summed E-state index contributed by atoms with van der Waals surface area (Å²) in [6, 6.07) is -0.107. The van der Waals surface area contributed by atoms with Gasteiger partial charge in [-0.3, -0.25) is 4.79 Å². The maximum atomic E-state index is 11.3. The largest absolute Gasteiger partial charge is 0.480 e. The number of ether oxygens (including phenoxy) is 1. The minimum atomic E-state index is -1.02. The number of carboxylic acid groups (broad SMARTS) is 1. The lowest BCUT2D eigenvalue weighted by Crippen LogP contribution is -2.33. The van der Waals surface area contributed by atoms with Crippen LogP contribution in [0.1, 0.15) is 26.2 Å². The third kappa shape index (κ3) is 9.42. The van der Waals surface area contributed by atoms with Gasteiger partial charge in [-0.25, -0.2) is 4.79 Å². The molecule has 0 radical (unpaired) electrons. The lowest BCUT2D eigenvalue weighted by molar-refractivity contribution is -0.142. The van der Waals surface area contributed by atoms with E-state index in [9.17, 15) is 9.59 Å². The molecule has 0 aromatic rings. The molecule has 6 heteroatoms. The summed E-state index contributed by atoms with van der Waals surface area (Å²) in [6.07, 6.45) is 2.08. The van der Waals surface area contributed by atoms with Gasteiger partial charge in [0.2, 0.25) is 5.91 Å². The zero-order valence-electron chi connectivity index (χ0n) is 9.57. The third-order valence-electron chi connectivity index (χ3n) is 1.90. The number of carbonyl (C=O) groups excluding carboxylic acids is 1. The van der Waals surface area contributed by atoms with E-state index in [0.717, 1.165) is 12.8 Å². The highest BCUT2D eigenvalue weighted by Crippen LogP contribution is 1.97. The van der Waals surface area contributed by atoms with Crippen LogP contribution in [-0.2, 0) is 14.3 Å². The van der Waals surface area contributed by atoms with Crippen LogP contribution >= 0.6 is 0 Å². The number of carbonyl (C=O) groups is 2. The Morgan fingerprint density at radius 1 is 1.50 bits per heavy atom. The highest BCUT2D eigenvalue weighted by atomic mass is 16.5. The van der Waals surface area contributed by atoms with Gasteiger partial charge in [-0.1, -0.05) is 13.3 Å². The molecule has 0 saturated heterocycles. The molecule has 94 valence electrons. The summed E-state index contributed by atoms with van der Waals surface area (Å²) in [5.41, 5.74) is 5.69. The summed E-state index contributed by atoms with van der Waals surface area (Å²) < 4.78 is 4.75. The molecule has 0 saturated carbocycles. The highest BCUT2D eigenvalue weighted by Gasteiger charge is 2.07. The normalized spacial score (nSPS) is 12.1. The van der Waals surface area contributed by atoms with Gasteiger partial charge in [0, 0.05) is 19.0 Å². The molecule has 1 amide bonds. The second-order valence-corrected chi connectivity index (χ2v) is 3.55. The van der Waals surface area contributed by atoms with Gasteiger partial charge in [-0.2, -0.15) is 0 Å². The zero-order chi connectivity index (χ0) is 12.4. The Bertz CT molecular complexity index is 221. The van der Waals surface area contributed by atoms with Crippen LogP contribution in [0.5, 0.6) is 0 Å². The van der Waals surface area contributed by atoms with Crippen LogP contribution in [-0.4, -0.2) is 42.8 Å². The van der Waals surface area contributed by atoms with E-state index in [4.69, 9.17) is 15.6 Å². The standard InChI is InChI=1S/C10H20N2O4/c1-2-3-8(11)6-9(13)12-4-5-16-7-10(14)15/h8H,2-7,11H2,1H3,(H,12,13)(H,14,15). The molecule has 0 aliphatic heterocycles. The number of aliphatic carboxylic acids is 1. The van der Waals surface area contributed by atoms with Gasteiger partial charge < -0.3 is 20.9 Å². The summed E-state index contributed by atoms with van der Waals surface area (Å²) in [5, 5.41) is 10.9. The smallest absolute Gasteiger partial charge is 0.329 e. The van der Waals surface area contributed by atoms with Crippen molar-refractivity contribution in [2.24, 2.45) is 5.73 Å². The number of carboxylic acids is 1. The first kappa shape index (κ1) is 14.9. The molecular weight excluding hydrogens is 212 g/mol. The van der Waals surface area contributed by atoms with Crippen molar-refractivity contribution in [1.82, 2.24) is 5.32 Å². The number of hydrogen-bond donors (Lipinski definition) is 3. The molecule has 0 spiro atoms. The van der Waals surface area contributed by atoms with E-state index in [2.05, 4.69) is 5.32 Å². The van der Waals surface area contributed by atoms with Gasteiger partial charge in [-0.05, 0) is 6.42 Å². The first-order chi connectivity index (χ1) is 7.56. The quantitative estimate of drug-likeness (QED) is 0.475. The Morgan fingerprint density at radius 2 is 2.19 bits per heavy atom. The van der Waals surface area contributed by atoms with E-state index < -0.39 is 5.97 Å². The zero-order valence-corrected chi connectivity index (χ0v) is 9.57. The van der Waals surface area contributed by atoms with Crippen LogP contribution in [0, 0.1) is 0 Å². The fraction of sp³-hybridized carbons (Fsp3) is 0.800. The van der Waals surface area contributed by atoms with Crippen LogP contribution in [0.25, 0.3) is 0 Å². The molecule has 0 aromatic carbocycles. The minimum absolute atomic E-state index is 0.107. The summed E-state index contributed by atoms with van der Waals surface area (Å²) in [7, 11) is 0. The Morgan fingerprint density at radius 3 is 2.75 bits per heavy atom. The topological polar surface area (TPSA) is 102 Å². The average Bonchev–Trinajstić information content (AvgIpc) is 2.16. The molecule has 0 aromatic heterocycles. The van der Waals surface area contributed by atoms with Crippen molar-refractivity contribution >= 4 is 11.9 Å². The first-order valence-electron chi connectivity index (χ1n) is 5.38. The SMILES string of the molecule is CCCC(N)CC(=O)NCCOCC(=O)O. The molecule has 16 heavy (non-hydrogen) atoms. The first-order valence-corrected chi connectivity index (χ1v) is 5.38. The molecule has 1 unspecified atom stereocenters. The summed E-state index contributed by atoms with van der Waals surface area (Å²) in [5.74, 6) is -1.14. The van der Waals surface area contributed by atoms with Crippen molar-refractivity contribution in [3.63, 3.8) is 0 Å². The number of nitrogens with one attached hydrogen (secondary N) is 1. The van der Waals surface area contributed by atoms with Crippen molar-refractivity contribution in [3.8, 4) is 0 Å². The van der Waals surface area contributed by atoms with Gasteiger partial charge in [0.1, 0.15) is 6.61 Å². The molecular formula is C10H20N2O4. The predicted octanol–water partition coefficient (Wildman–Crippen LogP) is -0.279. The molecule has 6 nitrogen and oxygen atoms in total. The Balaban J connectivity index is 3.40. The summed E-state index contributed by atoms with van der Waals surface area (Å²) in [4.78, 5) is 21.3. The number of nitrogens with two attached hydrogens (primary N) is 1. The van der Waals surface area contributed by atoms with E-state index in [1.165, 1.54) is 0 Å². The second kappa shape index (κ2) is 9.11. The lowest BCUT2D eigenvalue weighted by Gasteiger charge is -2.10. The number of rotatable bonds is 9. The summed E-state index contributed by atoms with van der Waals surface area (Å²) in [6.45, 7) is 2.18. The summed E-state index contributed by atoms with van der Waals surface area (Å²) >= 11 is 0. The fourth-order valence-corrected chi connectivity index (χ4v) is 1.21. The molecule has 0 aliphatic carbocycles. The maximum absolute atomic E-state index is 11.3. The molecule has 0 rings (SSSR count). The van der Waals surface area contributed by atoms with E-state index in [0.29, 0.717) is 13.0 Å². The van der Waals surface area contributed by atoms with Crippen molar-refractivity contribution in [3.05, 3.63) is 0 Å². The van der Waals surface area contributed by atoms with Crippen LogP contribution < -0.4 is 11.1 Å². The van der Waals surface area contributed by atoms with Crippen molar-refractivity contribution in [1.29, 1.82) is 0 Å². The van der Waals surface area contributed by atoms with E-state index in [-0.39, 0.29) is 25.2 Å². The minimum Gasteiger partial charge on any atom is -0.480 e. The highest BCUT2D eigenvalue weighted by molar-refractivity contribution is 5.76. The molecule has 0 aliphatic rings. The van der Waals surface area contributed by atoms with E-state index in [1.807, 2.05) is 6.92 Å². The lowest BCUT2D eigenvalue weighted by atomic mass is 10.1. The third-order valence-corrected chi connectivity index (χ3v) is 1.90. The van der Waals surface area contributed by atoms with Crippen molar-refractivity contribution < 1.29 is 19.4 Å². The number of hydrogen-bond acceptors (Lipinski definition) is 4. The molecule has 0 fully saturated rings. The van der Waals surface area contributed by atoms with Gasteiger partial charge in [0.05, 0.1) is 6.61 Å². The van der Waals surface area contributed by atoms with Crippen molar-refractivity contribution in [2.75, 3.05) is 19.8 Å². The van der Waals surface area contributed by atoms with Crippen LogP contribution in [0.3, 0.4) is 0 Å². The predicted molar refractivity (Wildman–Crippen MR) is 59.0 cm³/mol. The Kier molecular flexibility index (Phi) is 8.46. The molecule has 4 N–H and O–H groups in total. The van der Waals surface area contributed by atoms with Gasteiger partial charge >= 0.3 is 5.97 Å². The van der Waals surface area contributed by atoms with Crippen molar-refractivity contribution in [2.45, 2.75) is 32.2 Å². The van der Waals surface area contributed by atoms with E-state index >= 15 is 0 Å². The van der Waals surface area contributed by atoms with E-state index in [1.54, 1.807) is 0 Å². The van der Waals surface area contributed by atoms with Crippen LogP contribution in [0.2, 0.25) is 0 Å². The Labute approximate surface area is 95.1 Å². The monoisotopic (exact) mass is 232 g/mol. The number of amides is 1. The second-order valence-electron chi connectivity index (χ2n) is 3.55. The molecule has 1 atom stereocenters. The average molecular weight is 232 g/mol. The molecule has 0 bridgehead atoms. The van der Waals surface area contributed by atoms with Crippen LogP contribution in [0.15, 0.2) is 0 Å².